The minimum atomic E-state index is -0.204. The second-order valence-electron chi connectivity index (χ2n) is 10.5. The maximum Gasteiger partial charge on any atom is 0.259 e. The number of aryl methyl sites for hydroxylation is 1. The molecule has 0 bridgehead atoms. The Bertz CT molecular complexity index is 1540. The lowest BCUT2D eigenvalue weighted by molar-refractivity contribution is 0.102. The number of benzene rings is 1. The van der Waals surface area contributed by atoms with Gasteiger partial charge in [-0.05, 0) is 79.1 Å². The second-order valence-corrected chi connectivity index (χ2v) is 12.6. The molecule has 0 aliphatic heterocycles. The van der Waals surface area contributed by atoms with Crippen molar-refractivity contribution < 1.29 is 9.21 Å². The summed E-state index contributed by atoms with van der Waals surface area (Å²) in [5, 5.41) is 4.78. The van der Waals surface area contributed by atoms with Gasteiger partial charge in [-0.15, -0.1) is 11.3 Å². The van der Waals surface area contributed by atoms with Gasteiger partial charge in [0.1, 0.15) is 10.8 Å². The first-order chi connectivity index (χ1) is 18.2. The Morgan fingerprint density at radius 3 is 2.76 bits per heavy atom. The highest BCUT2D eigenvalue weighted by Crippen LogP contribution is 2.45. The molecule has 3 heterocycles. The zero-order chi connectivity index (χ0) is 26.9. The minimum Gasteiger partial charge on any atom is -0.448 e. The number of nitrogens with one attached hydrogen (secondary N) is 2. The number of hydrogen-bond donors (Lipinski definition) is 2. The molecule has 5 rings (SSSR count). The van der Waals surface area contributed by atoms with Crippen LogP contribution in [-0.2, 0) is 12.8 Å². The molecule has 1 aliphatic rings. The largest absolute Gasteiger partial charge is 0.448 e. The van der Waals surface area contributed by atoms with E-state index in [1.165, 1.54) is 22.7 Å². The van der Waals surface area contributed by atoms with Crippen LogP contribution in [0, 0.1) is 18.3 Å². The van der Waals surface area contributed by atoms with Gasteiger partial charge in [0.15, 0.2) is 10.2 Å². The molecule has 4 aromatic rings. The van der Waals surface area contributed by atoms with E-state index in [9.17, 15) is 9.59 Å². The highest BCUT2D eigenvalue weighted by molar-refractivity contribution is 7.99. The average Bonchev–Trinajstić information content (AvgIpc) is 3.45. The van der Waals surface area contributed by atoms with E-state index < -0.39 is 0 Å². The fourth-order valence-electron chi connectivity index (χ4n) is 4.63. The van der Waals surface area contributed by atoms with Gasteiger partial charge in [0.2, 0.25) is 0 Å². The lowest BCUT2D eigenvalue weighted by atomic mass is 9.72. The molecule has 1 amide bonds. The highest BCUT2D eigenvalue weighted by atomic mass is 32.2. The van der Waals surface area contributed by atoms with E-state index in [-0.39, 0.29) is 16.9 Å². The maximum atomic E-state index is 13.5. The summed E-state index contributed by atoms with van der Waals surface area (Å²) in [5.74, 6) is 0.970. The SMILES string of the molecule is Cc1cc(=O)[nH]c(Sc2ccc(C=Nc3sc4c(c3C(=O)Nc3ccccc3)CC[C@@H](C(C)(C)C)C4)o2)n1. The van der Waals surface area contributed by atoms with Crippen LogP contribution < -0.4 is 10.9 Å². The molecule has 0 saturated carbocycles. The number of carbonyl (C=O) groups excluding carboxylic acids is 1. The molecule has 9 heteroatoms. The Hall–Kier alpha value is -3.43. The number of furan rings is 1. The summed E-state index contributed by atoms with van der Waals surface area (Å²) in [5.41, 5.74) is 3.16. The molecule has 7 nitrogen and oxygen atoms in total. The van der Waals surface area contributed by atoms with Crippen molar-refractivity contribution in [2.45, 2.75) is 57.2 Å². The lowest BCUT2D eigenvalue weighted by Crippen LogP contribution is -2.27. The average molecular weight is 547 g/mol. The third-order valence-corrected chi connectivity index (χ3v) is 8.66. The number of carbonyl (C=O) groups is 1. The number of nitrogens with zero attached hydrogens (tertiary/aromatic N) is 2. The Kier molecular flexibility index (Phi) is 7.40. The fourth-order valence-corrected chi connectivity index (χ4v) is 6.70. The number of aliphatic imine (C=N–C) groups is 1. The Labute approximate surface area is 229 Å². The van der Waals surface area contributed by atoms with Gasteiger partial charge in [0, 0.05) is 22.3 Å². The zero-order valence-corrected chi connectivity index (χ0v) is 23.5. The molecule has 3 aromatic heterocycles. The van der Waals surface area contributed by atoms with Crippen molar-refractivity contribution in [3.63, 3.8) is 0 Å². The number of hydrogen-bond acceptors (Lipinski definition) is 7. The molecule has 0 unspecified atom stereocenters. The van der Waals surface area contributed by atoms with Crippen LogP contribution in [0.4, 0.5) is 10.7 Å². The number of amides is 1. The second kappa shape index (κ2) is 10.7. The third kappa shape index (κ3) is 6.00. The van der Waals surface area contributed by atoms with Gasteiger partial charge >= 0.3 is 0 Å². The molecule has 38 heavy (non-hydrogen) atoms. The lowest BCUT2D eigenvalue weighted by Gasteiger charge is -2.33. The van der Waals surface area contributed by atoms with Gasteiger partial charge in [-0.3, -0.25) is 9.59 Å². The summed E-state index contributed by atoms with van der Waals surface area (Å²) < 4.78 is 5.90. The van der Waals surface area contributed by atoms with Gasteiger partial charge in [-0.2, -0.15) is 0 Å². The smallest absolute Gasteiger partial charge is 0.259 e. The topological polar surface area (TPSA) is 100 Å². The number of fused-ring (bicyclic) bond motifs is 1. The van der Waals surface area contributed by atoms with Gasteiger partial charge in [-0.25, -0.2) is 9.98 Å². The van der Waals surface area contributed by atoms with Gasteiger partial charge in [-0.1, -0.05) is 39.0 Å². The Morgan fingerprint density at radius 1 is 1.24 bits per heavy atom. The summed E-state index contributed by atoms with van der Waals surface area (Å²) >= 11 is 2.83. The summed E-state index contributed by atoms with van der Waals surface area (Å²) in [6.07, 6.45) is 4.52. The van der Waals surface area contributed by atoms with Crippen molar-refractivity contribution in [3.8, 4) is 0 Å². The van der Waals surface area contributed by atoms with E-state index in [0.717, 1.165) is 30.5 Å². The van der Waals surface area contributed by atoms with Crippen molar-refractivity contribution in [2.24, 2.45) is 16.3 Å². The molecule has 0 spiro atoms. The summed E-state index contributed by atoms with van der Waals surface area (Å²) in [6, 6.07) is 14.6. The number of rotatable bonds is 6. The van der Waals surface area contributed by atoms with Crippen molar-refractivity contribution in [1.82, 2.24) is 9.97 Å². The molecule has 2 N–H and O–H groups in total. The molecule has 1 atom stereocenters. The third-order valence-electron chi connectivity index (χ3n) is 6.69. The summed E-state index contributed by atoms with van der Waals surface area (Å²) in [6.45, 7) is 8.63. The molecule has 1 aliphatic carbocycles. The Balaban J connectivity index is 1.42. The van der Waals surface area contributed by atoms with Crippen LogP contribution in [0.15, 0.2) is 73.0 Å². The van der Waals surface area contributed by atoms with E-state index in [1.807, 2.05) is 42.5 Å². The molecule has 0 fully saturated rings. The quantitative estimate of drug-likeness (QED) is 0.200. The molecule has 0 saturated heterocycles. The van der Waals surface area contributed by atoms with E-state index in [0.29, 0.717) is 38.2 Å². The number of thiophene rings is 1. The van der Waals surface area contributed by atoms with Crippen molar-refractivity contribution in [1.29, 1.82) is 0 Å². The van der Waals surface area contributed by atoms with Crippen LogP contribution in [0.1, 0.15) is 59.4 Å². The first kappa shape index (κ1) is 26.2. The number of para-hydroxylation sites is 1. The number of anilines is 1. The molecule has 196 valence electrons. The van der Waals surface area contributed by atoms with Crippen LogP contribution in [-0.4, -0.2) is 22.1 Å². The fraction of sp³-hybridized carbons (Fsp3) is 0.310. The van der Waals surface area contributed by atoms with Crippen LogP contribution in [0.3, 0.4) is 0 Å². The van der Waals surface area contributed by atoms with Gasteiger partial charge < -0.3 is 14.7 Å². The predicted molar refractivity (Wildman–Crippen MR) is 153 cm³/mol. The standard InChI is InChI=1S/C29H30N4O3S2/c1-17-14-23(34)33-28(31-17)38-24-13-11-20(36-24)16-30-27-25(26(35)32-19-8-6-5-7-9-19)21-12-10-18(29(2,3)4)15-22(21)37-27/h5-9,11,13-14,16,18H,10,12,15H2,1-4H3,(H,32,35)(H,31,33,34)/t18-/m1/s1. The van der Waals surface area contributed by atoms with Crippen LogP contribution in [0.2, 0.25) is 0 Å². The van der Waals surface area contributed by atoms with Crippen molar-refractivity contribution >= 4 is 45.9 Å². The first-order valence-electron chi connectivity index (χ1n) is 12.6. The maximum absolute atomic E-state index is 13.5. The molecular weight excluding hydrogens is 516 g/mol. The van der Waals surface area contributed by atoms with E-state index in [1.54, 1.807) is 24.5 Å². The summed E-state index contributed by atoms with van der Waals surface area (Å²) in [4.78, 5) is 38.2. The van der Waals surface area contributed by atoms with Crippen molar-refractivity contribution in [3.05, 3.63) is 86.3 Å². The van der Waals surface area contributed by atoms with E-state index >= 15 is 0 Å². The van der Waals surface area contributed by atoms with Gasteiger partial charge in [0.05, 0.1) is 11.8 Å². The predicted octanol–water partition coefficient (Wildman–Crippen LogP) is 7.04. The Morgan fingerprint density at radius 2 is 2.03 bits per heavy atom. The van der Waals surface area contributed by atoms with E-state index in [4.69, 9.17) is 9.41 Å². The zero-order valence-electron chi connectivity index (χ0n) is 21.8. The monoisotopic (exact) mass is 546 g/mol. The normalized spacial score (nSPS) is 15.5. The van der Waals surface area contributed by atoms with Crippen LogP contribution >= 0.6 is 23.1 Å². The van der Waals surface area contributed by atoms with Crippen molar-refractivity contribution in [2.75, 3.05) is 5.32 Å². The number of H-pyrrole nitrogens is 1. The minimum absolute atomic E-state index is 0.139. The molecule has 0 radical (unpaired) electrons. The van der Waals surface area contributed by atoms with Crippen LogP contribution in [0.25, 0.3) is 0 Å². The number of aromatic amines is 1. The van der Waals surface area contributed by atoms with Gasteiger partial charge in [0.25, 0.3) is 11.5 Å². The molecular formula is C29H30N4O3S2. The first-order valence-corrected chi connectivity index (χ1v) is 14.2. The summed E-state index contributed by atoms with van der Waals surface area (Å²) in [7, 11) is 0. The molecule has 1 aromatic carbocycles. The highest BCUT2D eigenvalue weighted by Gasteiger charge is 2.33. The van der Waals surface area contributed by atoms with E-state index in [2.05, 4.69) is 36.1 Å². The van der Waals surface area contributed by atoms with Crippen LogP contribution in [0.5, 0.6) is 0 Å². The number of aromatic nitrogens is 2.